The molecule has 2 aromatic carbocycles. The van der Waals surface area contributed by atoms with E-state index in [9.17, 15) is 23.3 Å². The van der Waals surface area contributed by atoms with E-state index in [-0.39, 0.29) is 5.75 Å². The van der Waals surface area contributed by atoms with Gasteiger partial charge in [0.2, 0.25) is 0 Å². The topological polar surface area (TPSA) is 64.7 Å². The van der Waals surface area contributed by atoms with Crippen molar-refractivity contribution in [2.24, 2.45) is 5.16 Å². The minimum Gasteiger partial charge on any atom is -0.356 e. The Hall–Kier alpha value is -2.90. The fourth-order valence-corrected chi connectivity index (χ4v) is 1.76. The van der Waals surface area contributed by atoms with Gasteiger partial charge in [0.05, 0.1) is 22.3 Å². The third-order valence-electron chi connectivity index (χ3n) is 2.91. The molecule has 0 aliphatic heterocycles. The number of halogens is 3. The van der Waals surface area contributed by atoms with Gasteiger partial charge in [-0.15, -0.1) is 0 Å². The number of nitro benzene ring substituents is 1. The molecule has 2 aromatic rings. The van der Waals surface area contributed by atoms with Crippen molar-refractivity contribution in [2.45, 2.75) is 13.1 Å². The van der Waals surface area contributed by atoms with E-state index in [1.807, 2.05) is 0 Å². The number of non-ortho nitro benzene ring substituents is 1. The van der Waals surface area contributed by atoms with Gasteiger partial charge in [0.15, 0.2) is 5.75 Å². The Balaban J connectivity index is 2.32. The number of rotatable bonds is 4. The average Bonchev–Trinajstić information content (AvgIpc) is 2.52. The first kappa shape index (κ1) is 16.5. The zero-order valence-corrected chi connectivity index (χ0v) is 11.9. The molecule has 0 spiro atoms. The van der Waals surface area contributed by atoms with Crippen molar-refractivity contribution < 1.29 is 22.9 Å². The molecule has 0 fully saturated rings. The molecule has 0 saturated carbocycles. The fraction of sp³-hybridized carbons (Fsp3) is 0.133. The van der Waals surface area contributed by atoms with Gasteiger partial charge in [-0.3, -0.25) is 10.1 Å². The van der Waals surface area contributed by atoms with Crippen LogP contribution in [0.1, 0.15) is 18.1 Å². The molecule has 0 atom stereocenters. The molecule has 2 rings (SSSR count). The van der Waals surface area contributed by atoms with Crippen molar-refractivity contribution in [1.82, 2.24) is 0 Å². The third kappa shape index (κ3) is 4.29. The molecule has 0 aliphatic carbocycles. The summed E-state index contributed by atoms with van der Waals surface area (Å²) in [6.07, 6.45) is -4.72. The van der Waals surface area contributed by atoms with Crippen molar-refractivity contribution in [3.63, 3.8) is 0 Å². The number of nitro groups is 1. The summed E-state index contributed by atoms with van der Waals surface area (Å²) >= 11 is 0. The molecule has 8 heteroatoms. The molecule has 5 nitrogen and oxygen atoms in total. The van der Waals surface area contributed by atoms with Gasteiger partial charge >= 0.3 is 6.18 Å². The van der Waals surface area contributed by atoms with Crippen LogP contribution >= 0.6 is 0 Å². The Morgan fingerprint density at radius 3 is 2.39 bits per heavy atom. The fourth-order valence-electron chi connectivity index (χ4n) is 1.76. The normalized spacial score (nSPS) is 12.1. The summed E-state index contributed by atoms with van der Waals surface area (Å²) in [6.45, 7) is 1.61. The maximum absolute atomic E-state index is 12.8. The van der Waals surface area contributed by atoms with Crippen LogP contribution in [0.5, 0.6) is 5.75 Å². The number of oxime groups is 1. The highest BCUT2D eigenvalue weighted by atomic mass is 19.4. The molecule has 0 heterocycles. The molecule has 23 heavy (non-hydrogen) atoms. The largest absolute Gasteiger partial charge is 0.416 e. The molecule has 0 saturated heterocycles. The minimum atomic E-state index is -4.72. The van der Waals surface area contributed by atoms with Crippen LogP contribution in [0.3, 0.4) is 0 Å². The lowest BCUT2D eigenvalue weighted by molar-refractivity contribution is -0.385. The van der Waals surface area contributed by atoms with Crippen LogP contribution in [-0.2, 0) is 6.18 Å². The molecule has 0 bridgehead atoms. The predicted molar refractivity (Wildman–Crippen MR) is 77.4 cm³/mol. The maximum Gasteiger partial charge on any atom is 0.416 e. The summed E-state index contributed by atoms with van der Waals surface area (Å²) in [7, 11) is 0. The van der Waals surface area contributed by atoms with Gasteiger partial charge < -0.3 is 4.84 Å². The highest BCUT2D eigenvalue weighted by Gasteiger charge is 2.33. The second kappa shape index (κ2) is 6.47. The third-order valence-corrected chi connectivity index (χ3v) is 2.91. The smallest absolute Gasteiger partial charge is 0.356 e. The second-order valence-corrected chi connectivity index (χ2v) is 4.60. The van der Waals surface area contributed by atoms with Gasteiger partial charge in [-0.2, -0.15) is 13.2 Å². The molecule has 0 unspecified atom stereocenters. The Kier molecular flexibility index (Phi) is 4.63. The maximum atomic E-state index is 12.8. The van der Waals surface area contributed by atoms with Crippen LogP contribution in [0.25, 0.3) is 0 Å². The van der Waals surface area contributed by atoms with Crippen molar-refractivity contribution in [1.29, 1.82) is 0 Å². The lowest BCUT2D eigenvalue weighted by Gasteiger charge is -2.08. The first-order valence-corrected chi connectivity index (χ1v) is 6.41. The van der Waals surface area contributed by atoms with Crippen LogP contribution in [-0.4, -0.2) is 10.6 Å². The molecule has 120 valence electrons. The zero-order chi connectivity index (χ0) is 17.0. The van der Waals surface area contributed by atoms with Gasteiger partial charge in [-0.05, 0) is 18.6 Å². The standard InChI is InChI=1S/C15H11F3N2O3/c1-10(11-5-3-2-4-6-11)19-23-14-8-12(15(16,17)18)7-13(9-14)20(21)22/h2-9H,1H3/b19-10+. The quantitative estimate of drug-likeness (QED) is 0.475. The van der Waals surface area contributed by atoms with E-state index in [0.717, 1.165) is 6.07 Å². The first-order chi connectivity index (χ1) is 10.8. The van der Waals surface area contributed by atoms with Gasteiger partial charge in [0.25, 0.3) is 5.69 Å². The molecule has 0 radical (unpaired) electrons. The Morgan fingerprint density at radius 1 is 1.17 bits per heavy atom. The first-order valence-electron chi connectivity index (χ1n) is 6.41. The predicted octanol–water partition coefficient (Wildman–Crippen LogP) is 4.42. The highest BCUT2D eigenvalue weighted by Crippen LogP contribution is 2.34. The molecular weight excluding hydrogens is 313 g/mol. The minimum absolute atomic E-state index is 0.359. The monoisotopic (exact) mass is 324 g/mol. The van der Waals surface area contributed by atoms with Gasteiger partial charge in [0.1, 0.15) is 0 Å². The second-order valence-electron chi connectivity index (χ2n) is 4.60. The number of hydrogen-bond acceptors (Lipinski definition) is 4. The van der Waals surface area contributed by atoms with Gasteiger partial charge in [0, 0.05) is 6.07 Å². The van der Waals surface area contributed by atoms with Gasteiger partial charge in [-0.25, -0.2) is 0 Å². The van der Waals surface area contributed by atoms with Crippen molar-refractivity contribution in [3.8, 4) is 5.75 Å². The van der Waals surface area contributed by atoms with E-state index in [1.54, 1.807) is 37.3 Å². The number of hydrogen-bond donors (Lipinski definition) is 0. The number of nitrogens with zero attached hydrogens (tertiary/aromatic N) is 2. The van der Waals surface area contributed by atoms with E-state index < -0.39 is 22.4 Å². The summed E-state index contributed by atoms with van der Waals surface area (Å²) in [4.78, 5) is 14.8. The van der Waals surface area contributed by atoms with Crippen LogP contribution in [0.15, 0.2) is 53.7 Å². The zero-order valence-electron chi connectivity index (χ0n) is 11.9. The van der Waals surface area contributed by atoms with Gasteiger partial charge in [-0.1, -0.05) is 35.5 Å². The molecular formula is C15H11F3N2O3. The highest BCUT2D eigenvalue weighted by molar-refractivity contribution is 5.98. The summed E-state index contributed by atoms with van der Waals surface area (Å²) in [5.41, 5.74) is -0.753. The molecule has 0 aromatic heterocycles. The Bertz CT molecular complexity index is 743. The SMILES string of the molecule is C/C(=N\Oc1cc([N+](=O)[O-])cc(C(F)(F)F)c1)c1ccccc1. The molecule has 0 aliphatic rings. The number of alkyl halides is 3. The lowest BCUT2D eigenvalue weighted by Crippen LogP contribution is -2.06. The molecule has 0 N–H and O–H groups in total. The van der Waals surface area contributed by atoms with E-state index >= 15 is 0 Å². The number of benzene rings is 2. The van der Waals surface area contributed by atoms with Crippen molar-refractivity contribution >= 4 is 11.4 Å². The van der Waals surface area contributed by atoms with Crippen LogP contribution < -0.4 is 4.84 Å². The van der Waals surface area contributed by atoms with Crippen LogP contribution in [0.4, 0.5) is 18.9 Å². The Morgan fingerprint density at radius 2 is 1.83 bits per heavy atom. The lowest BCUT2D eigenvalue weighted by atomic mass is 10.1. The average molecular weight is 324 g/mol. The van der Waals surface area contributed by atoms with Crippen molar-refractivity contribution in [3.05, 3.63) is 69.8 Å². The summed E-state index contributed by atoms with van der Waals surface area (Å²) in [5, 5.41) is 14.5. The van der Waals surface area contributed by atoms with E-state index in [1.165, 1.54) is 0 Å². The van der Waals surface area contributed by atoms with Crippen molar-refractivity contribution in [2.75, 3.05) is 0 Å². The van der Waals surface area contributed by atoms with E-state index in [4.69, 9.17) is 4.84 Å². The molecule has 0 amide bonds. The van der Waals surface area contributed by atoms with E-state index in [2.05, 4.69) is 5.16 Å². The Labute approximate surface area is 129 Å². The summed E-state index contributed by atoms with van der Waals surface area (Å²) in [6, 6.07) is 10.8. The van der Waals surface area contributed by atoms with Crippen LogP contribution in [0, 0.1) is 10.1 Å². The van der Waals surface area contributed by atoms with E-state index in [0.29, 0.717) is 23.4 Å². The summed E-state index contributed by atoms with van der Waals surface area (Å²) < 4.78 is 38.3. The summed E-state index contributed by atoms with van der Waals surface area (Å²) in [5.74, 6) is -0.359. The van der Waals surface area contributed by atoms with Crippen LogP contribution in [0.2, 0.25) is 0 Å².